The van der Waals surface area contributed by atoms with Crippen LogP contribution in [-0.4, -0.2) is 52.7 Å². The van der Waals surface area contributed by atoms with Gasteiger partial charge < -0.3 is 18.9 Å². The van der Waals surface area contributed by atoms with E-state index in [0.29, 0.717) is 47.2 Å². The molecule has 3 aromatic rings. The van der Waals surface area contributed by atoms with Crippen LogP contribution in [-0.2, 0) is 6.54 Å². The lowest BCUT2D eigenvalue weighted by molar-refractivity contribution is 0.270. The molecule has 1 aliphatic carbocycles. The molecule has 4 rings (SSSR count). The molecule has 9 nitrogen and oxygen atoms in total. The first kappa shape index (κ1) is 23.8. The number of ether oxygens (including phenoxy) is 4. The molecule has 1 aromatic carbocycles. The van der Waals surface area contributed by atoms with Crippen molar-refractivity contribution in [3.63, 3.8) is 0 Å². The van der Waals surface area contributed by atoms with E-state index in [1.54, 1.807) is 33.7 Å². The third-order valence-corrected chi connectivity index (χ3v) is 6.09. The fraction of sp³-hybridized carbons (Fsp3) is 0.520. The molecule has 1 unspecified atom stereocenters. The van der Waals surface area contributed by atoms with Gasteiger partial charge in [-0.3, -0.25) is 0 Å². The zero-order valence-electron chi connectivity index (χ0n) is 20.6. The Kier molecular flexibility index (Phi) is 7.49. The monoisotopic (exact) mass is 467 g/mol. The Labute approximate surface area is 200 Å². The molecule has 0 spiro atoms. The maximum absolute atomic E-state index is 5.99. The van der Waals surface area contributed by atoms with Crippen LogP contribution in [0.1, 0.15) is 39.5 Å². The van der Waals surface area contributed by atoms with E-state index in [4.69, 9.17) is 29.0 Å². The third-order valence-electron chi connectivity index (χ3n) is 6.09. The summed E-state index contributed by atoms with van der Waals surface area (Å²) in [5, 5.41) is 4.81. The van der Waals surface area contributed by atoms with E-state index in [9.17, 15) is 0 Å². The van der Waals surface area contributed by atoms with E-state index >= 15 is 0 Å². The molecule has 0 amide bonds. The summed E-state index contributed by atoms with van der Waals surface area (Å²) in [5.74, 6) is 4.70. The smallest absolute Gasteiger partial charge is 0.232 e. The van der Waals surface area contributed by atoms with Gasteiger partial charge in [0.2, 0.25) is 17.5 Å². The first-order valence-electron chi connectivity index (χ1n) is 11.8. The Hall–Kier alpha value is -3.36. The lowest BCUT2D eigenvalue weighted by Crippen LogP contribution is -2.12. The highest BCUT2D eigenvalue weighted by molar-refractivity contribution is 5.68. The molecule has 0 N–H and O–H groups in total. The molecule has 182 valence electrons. The second-order valence-electron chi connectivity index (χ2n) is 8.61. The number of unbranched alkanes of at least 4 members (excludes halogenated alkanes) is 1. The number of rotatable bonds is 12. The van der Waals surface area contributed by atoms with Gasteiger partial charge in [-0.15, -0.1) is 5.10 Å². The summed E-state index contributed by atoms with van der Waals surface area (Å²) in [5.41, 5.74) is 1.41. The van der Waals surface area contributed by atoms with E-state index in [1.807, 2.05) is 16.8 Å². The van der Waals surface area contributed by atoms with Crippen LogP contribution in [0.4, 0.5) is 0 Å². The number of benzene rings is 1. The highest BCUT2D eigenvalue weighted by Crippen LogP contribution is 2.42. The van der Waals surface area contributed by atoms with Gasteiger partial charge in [0.25, 0.3) is 0 Å². The van der Waals surface area contributed by atoms with E-state index in [1.165, 1.54) is 12.8 Å². The summed E-state index contributed by atoms with van der Waals surface area (Å²) in [4.78, 5) is 13.5. The Bertz CT molecular complexity index is 1070. The molecular weight excluding hydrogens is 434 g/mol. The van der Waals surface area contributed by atoms with E-state index in [0.717, 1.165) is 36.7 Å². The van der Waals surface area contributed by atoms with Crippen molar-refractivity contribution in [2.45, 2.75) is 46.1 Å². The molecule has 0 aliphatic heterocycles. The van der Waals surface area contributed by atoms with Crippen LogP contribution in [0, 0.1) is 11.8 Å². The zero-order valence-corrected chi connectivity index (χ0v) is 20.6. The van der Waals surface area contributed by atoms with Gasteiger partial charge in [-0.05, 0) is 43.2 Å². The third kappa shape index (κ3) is 5.24. The van der Waals surface area contributed by atoms with Crippen LogP contribution in [0.2, 0.25) is 0 Å². The summed E-state index contributed by atoms with van der Waals surface area (Å²) in [7, 11) is 4.82. The summed E-state index contributed by atoms with van der Waals surface area (Å²) >= 11 is 0. The quantitative estimate of drug-likeness (QED) is 0.355. The molecule has 9 heteroatoms. The molecule has 1 fully saturated rings. The summed E-state index contributed by atoms with van der Waals surface area (Å²) in [6, 6.07) is 3.85. The number of hydrogen-bond donors (Lipinski definition) is 0. The predicted molar refractivity (Wildman–Crippen MR) is 128 cm³/mol. The molecule has 2 aromatic heterocycles. The van der Waals surface area contributed by atoms with E-state index in [-0.39, 0.29) is 0 Å². The van der Waals surface area contributed by atoms with Crippen molar-refractivity contribution >= 4 is 0 Å². The molecule has 34 heavy (non-hydrogen) atoms. The zero-order chi connectivity index (χ0) is 24.1. The van der Waals surface area contributed by atoms with E-state index < -0.39 is 0 Å². The van der Waals surface area contributed by atoms with Gasteiger partial charge >= 0.3 is 0 Å². The number of nitrogens with zero attached hydrogens (tertiary/aromatic N) is 5. The van der Waals surface area contributed by atoms with Crippen molar-refractivity contribution in [1.82, 2.24) is 24.7 Å². The fourth-order valence-corrected chi connectivity index (χ4v) is 3.89. The first-order chi connectivity index (χ1) is 16.6. The molecule has 2 heterocycles. The molecule has 0 radical (unpaired) electrons. The van der Waals surface area contributed by atoms with Crippen molar-refractivity contribution in [1.29, 1.82) is 0 Å². The number of aromatic nitrogens is 5. The maximum Gasteiger partial charge on any atom is 0.232 e. The van der Waals surface area contributed by atoms with Crippen LogP contribution in [0.25, 0.3) is 22.9 Å². The minimum absolute atomic E-state index is 0.443. The van der Waals surface area contributed by atoms with Gasteiger partial charge in [0, 0.05) is 12.1 Å². The SMILES string of the molecule is CCCCOc1c(OC)cc(-c2nc(-c3cnc(OC)cn3)nn2CC(C)C2CC2)cc1OC. The predicted octanol–water partition coefficient (Wildman–Crippen LogP) is 4.65. The molecule has 0 bridgehead atoms. The number of methoxy groups -OCH3 is 3. The summed E-state index contributed by atoms with van der Waals surface area (Å²) in [6.45, 7) is 5.75. The fourth-order valence-electron chi connectivity index (χ4n) is 3.89. The van der Waals surface area contributed by atoms with Crippen LogP contribution in [0.3, 0.4) is 0 Å². The minimum Gasteiger partial charge on any atom is -0.493 e. The van der Waals surface area contributed by atoms with Crippen molar-refractivity contribution in [3.05, 3.63) is 24.5 Å². The highest BCUT2D eigenvalue weighted by Gasteiger charge is 2.29. The second-order valence-corrected chi connectivity index (χ2v) is 8.61. The van der Waals surface area contributed by atoms with Gasteiger partial charge in [-0.2, -0.15) is 0 Å². The Balaban J connectivity index is 1.75. The van der Waals surface area contributed by atoms with Crippen LogP contribution >= 0.6 is 0 Å². The average molecular weight is 468 g/mol. The summed E-state index contributed by atoms with van der Waals surface area (Å²) in [6.07, 6.45) is 7.73. The standard InChI is InChI=1S/C25H33N5O4/c1-6-7-10-34-23-20(31-3)11-18(12-21(23)32-4)25-28-24(19-13-27-22(33-5)14-26-19)29-30(25)15-16(2)17-8-9-17/h11-14,16-17H,6-10,15H2,1-5H3. The van der Waals surface area contributed by atoms with Crippen LogP contribution in [0.15, 0.2) is 24.5 Å². The lowest BCUT2D eigenvalue weighted by Gasteiger charge is -2.17. The van der Waals surface area contributed by atoms with Crippen molar-refractivity contribution in [2.75, 3.05) is 27.9 Å². The van der Waals surface area contributed by atoms with E-state index in [2.05, 4.69) is 23.8 Å². The highest BCUT2D eigenvalue weighted by atomic mass is 16.5. The first-order valence-corrected chi connectivity index (χ1v) is 11.8. The average Bonchev–Trinajstić information content (AvgIpc) is 3.64. The van der Waals surface area contributed by atoms with Gasteiger partial charge in [0.1, 0.15) is 5.69 Å². The van der Waals surface area contributed by atoms with Crippen molar-refractivity contribution in [2.24, 2.45) is 11.8 Å². The Morgan fingerprint density at radius 1 is 1.03 bits per heavy atom. The molecular formula is C25H33N5O4. The second kappa shape index (κ2) is 10.7. The van der Waals surface area contributed by atoms with Gasteiger partial charge in [0.15, 0.2) is 17.3 Å². The normalized spacial score (nSPS) is 14.0. The Morgan fingerprint density at radius 3 is 2.32 bits per heavy atom. The lowest BCUT2D eigenvalue weighted by atomic mass is 10.1. The van der Waals surface area contributed by atoms with Gasteiger partial charge in [0.05, 0.1) is 40.3 Å². The molecule has 1 atom stereocenters. The van der Waals surface area contributed by atoms with Crippen LogP contribution in [0.5, 0.6) is 23.1 Å². The minimum atomic E-state index is 0.443. The van der Waals surface area contributed by atoms with Crippen molar-refractivity contribution < 1.29 is 18.9 Å². The maximum atomic E-state index is 5.99. The number of hydrogen-bond acceptors (Lipinski definition) is 8. The Morgan fingerprint density at radius 2 is 1.76 bits per heavy atom. The molecule has 1 saturated carbocycles. The van der Waals surface area contributed by atoms with Gasteiger partial charge in [-0.1, -0.05) is 20.3 Å². The van der Waals surface area contributed by atoms with Gasteiger partial charge in [-0.25, -0.2) is 19.6 Å². The largest absolute Gasteiger partial charge is 0.493 e. The topological polar surface area (TPSA) is 93.4 Å². The van der Waals surface area contributed by atoms with Crippen LogP contribution < -0.4 is 18.9 Å². The summed E-state index contributed by atoms with van der Waals surface area (Å²) < 4.78 is 24.4. The molecule has 1 aliphatic rings. The molecule has 0 saturated heterocycles. The van der Waals surface area contributed by atoms with Crippen molar-refractivity contribution in [3.8, 4) is 46.0 Å².